The van der Waals surface area contributed by atoms with Gasteiger partial charge in [0.05, 0.1) is 4.90 Å². The first-order valence-corrected chi connectivity index (χ1v) is 9.33. The van der Waals surface area contributed by atoms with Crippen molar-refractivity contribution in [3.8, 4) is 0 Å². The summed E-state index contributed by atoms with van der Waals surface area (Å²) >= 11 is 9.12. The van der Waals surface area contributed by atoms with E-state index in [4.69, 9.17) is 11.6 Å². The molecule has 2 aliphatic heterocycles. The van der Waals surface area contributed by atoms with Gasteiger partial charge in [0.2, 0.25) is 10.0 Å². The molecule has 20 heavy (non-hydrogen) atoms. The first-order chi connectivity index (χ1) is 9.44. The van der Waals surface area contributed by atoms with Crippen molar-refractivity contribution in [2.75, 3.05) is 0 Å². The molecule has 0 radical (unpaired) electrons. The summed E-state index contributed by atoms with van der Waals surface area (Å²) in [5.74, 6) is 0. The Morgan fingerprint density at radius 1 is 1.25 bits per heavy atom. The third-order valence-corrected chi connectivity index (χ3v) is 6.71. The van der Waals surface area contributed by atoms with Gasteiger partial charge < -0.3 is 5.32 Å². The lowest BCUT2D eigenvalue weighted by molar-refractivity contribution is 0.345. The quantitative estimate of drug-likeness (QED) is 0.849. The summed E-state index contributed by atoms with van der Waals surface area (Å²) < 4.78 is 28.2. The molecule has 3 rings (SSSR count). The van der Waals surface area contributed by atoms with Crippen molar-refractivity contribution >= 4 is 37.6 Å². The van der Waals surface area contributed by atoms with Crippen molar-refractivity contribution in [3.05, 3.63) is 27.7 Å². The predicted octanol–water partition coefficient (Wildman–Crippen LogP) is 2.66. The van der Waals surface area contributed by atoms with Crippen LogP contribution in [0.4, 0.5) is 0 Å². The van der Waals surface area contributed by atoms with E-state index in [1.54, 1.807) is 12.1 Å². The van der Waals surface area contributed by atoms with Crippen molar-refractivity contribution in [1.29, 1.82) is 0 Å². The highest BCUT2D eigenvalue weighted by atomic mass is 79.9. The van der Waals surface area contributed by atoms with Crippen LogP contribution in [0.25, 0.3) is 0 Å². The molecule has 4 nitrogen and oxygen atoms in total. The summed E-state index contributed by atoms with van der Waals surface area (Å²) in [6, 6.07) is 5.64. The molecule has 0 amide bonds. The molecule has 7 heteroatoms. The Labute approximate surface area is 132 Å². The normalized spacial score (nSPS) is 29.6. The predicted molar refractivity (Wildman–Crippen MR) is 82.4 cm³/mol. The van der Waals surface area contributed by atoms with Crippen molar-refractivity contribution in [1.82, 2.24) is 10.0 Å². The molecule has 2 unspecified atom stereocenters. The summed E-state index contributed by atoms with van der Waals surface area (Å²) in [6.07, 6.45) is 4.02. The number of benzene rings is 1. The molecule has 0 saturated carbocycles. The van der Waals surface area contributed by atoms with Gasteiger partial charge in [0.25, 0.3) is 0 Å². The van der Waals surface area contributed by atoms with Crippen LogP contribution in [0.5, 0.6) is 0 Å². The largest absolute Gasteiger partial charge is 0.311 e. The number of nitrogens with one attached hydrogen (secondary N) is 2. The zero-order valence-electron chi connectivity index (χ0n) is 10.8. The third kappa shape index (κ3) is 3.04. The van der Waals surface area contributed by atoms with Crippen molar-refractivity contribution in [2.45, 2.75) is 48.7 Å². The molecule has 2 saturated heterocycles. The van der Waals surface area contributed by atoms with Gasteiger partial charge in [-0.1, -0.05) is 11.6 Å². The number of fused-ring (bicyclic) bond motifs is 2. The van der Waals surface area contributed by atoms with E-state index in [9.17, 15) is 8.42 Å². The zero-order valence-corrected chi connectivity index (χ0v) is 13.9. The van der Waals surface area contributed by atoms with E-state index in [1.165, 1.54) is 6.07 Å². The van der Waals surface area contributed by atoms with Gasteiger partial charge in [-0.2, -0.15) is 0 Å². The van der Waals surface area contributed by atoms with Crippen LogP contribution in [0.3, 0.4) is 0 Å². The van der Waals surface area contributed by atoms with Gasteiger partial charge in [-0.3, -0.25) is 0 Å². The highest BCUT2D eigenvalue weighted by Gasteiger charge is 2.35. The number of halogens is 2. The van der Waals surface area contributed by atoms with E-state index in [0.29, 0.717) is 21.6 Å². The maximum Gasteiger partial charge on any atom is 0.241 e. The van der Waals surface area contributed by atoms with Gasteiger partial charge in [0.1, 0.15) is 0 Å². The van der Waals surface area contributed by atoms with Crippen LogP contribution in [0, 0.1) is 0 Å². The van der Waals surface area contributed by atoms with Gasteiger partial charge in [-0.25, -0.2) is 13.1 Å². The van der Waals surface area contributed by atoms with Crippen LogP contribution in [0.2, 0.25) is 5.02 Å². The minimum Gasteiger partial charge on any atom is -0.311 e. The minimum atomic E-state index is -3.51. The number of piperidine rings is 1. The smallest absolute Gasteiger partial charge is 0.241 e. The maximum absolute atomic E-state index is 12.5. The van der Waals surface area contributed by atoms with E-state index in [0.717, 1.165) is 25.7 Å². The Kier molecular flexibility index (Phi) is 4.12. The maximum atomic E-state index is 12.5. The van der Waals surface area contributed by atoms with E-state index in [1.807, 2.05) is 0 Å². The van der Waals surface area contributed by atoms with Crippen molar-refractivity contribution in [2.24, 2.45) is 0 Å². The molecule has 0 aliphatic carbocycles. The second-order valence-corrected chi connectivity index (χ2v) is 8.48. The Balaban J connectivity index is 1.78. The fourth-order valence-corrected chi connectivity index (χ4v) is 5.77. The molecular weight excluding hydrogens is 364 g/mol. The summed E-state index contributed by atoms with van der Waals surface area (Å²) in [6.45, 7) is 0. The van der Waals surface area contributed by atoms with Gasteiger partial charge in [-0.15, -0.1) is 0 Å². The molecule has 110 valence electrons. The van der Waals surface area contributed by atoms with Crippen LogP contribution in [-0.4, -0.2) is 26.5 Å². The topological polar surface area (TPSA) is 58.2 Å². The second kappa shape index (κ2) is 5.57. The molecule has 2 bridgehead atoms. The van der Waals surface area contributed by atoms with Gasteiger partial charge in [-0.05, 0) is 59.8 Å². The molecule has 2 atom stereocenters. The molecule has 0 spiro atoms. The van der Waals surface area contributed by atoms with Crippen molar-refractivity contribution in [3.63, 3.8) is 0 Å². The van der Waals surface area contributed by atoms with Gasteiger partial charge >= 0.3 is 0 Å². The molecule has 2 heterocycles. The van der Waals surface area contributed by atoms with Crippen LogP contribution in [0.15, 0.2) is 27.6 Å². The summed E-state index contributed by atoms with van der Waals surface area (Å²) in [5.41, 5.74) is 0. The van der Waals surface area contributed by atoms with E-state index in [-0.39, 0.29) is 10.9 Å². The first kappa shape index (κ1) is 14.8. The molecular formula is C13H16BrClN2O2S. The van der Waals surface area contributed by atoms with Gasteiger partial charge in [0, 0.05) is 27.6 Å². The number of rotatable bonds is 3. The Morgan fingerprint density at radius 3 is 2.50 bits per heavy atom. The monoisotopic (exact) mass is 378 g/mol. The van der Waals surface area contributed by atoms with Gasteiger partial charge in [0.15, 0.2) is 0 Å². The second-order valence-electron chi connectivity index (χ2n) is 5.50. The zero-order chi connectivity index (χ0) is 14.3. The lowest BCUT2D eigenvalue weighted by Gasteiger charge is -2.29. The lowest BCUT2D eigenvalue weighted by Crippen LogP contribution is -2.47. The third-order valence-electron chi connectivity index (χ3n) is 3.98. The summed E-state index contributed by atoms with van der Waals surface area (Å²) in [4.78, 5) is 0.243. The van der Waals surface area contributed by atoms with Crippen LogP contribution in [0.1, 0.15) is 25.7 Å². The fraction of sp³-hybridized carbons (Fsp3) is 0.538. The average Bonchev–Trinajstić information content (AvgIpc) is 2.67. The van der Waals surface area contributed by atoms with E-state index in [2.05, 4.69) is 26.0 Å². The molecule has 1 aromatic rings. The molecule has 0 aromatic heterocycles. The SMILES string of the molecule is O=S(=O)(NC1CC2CCC(C1)N2)c1ccc(Cl)cc1Br. The Morgan fingerprint density at radius 2 is 1.90 bits per heavy atom. The highest BCUT2D eigenvalue weighted by Crippen LogP contribution is 2.29. The van der Waals surface area contributed by atoms with Crippen LogP contribution < -0.4 is 10.0 Å². The van der Waals surface area contributed by atoms with Crippen LogP contribution >= 0.6 is 27.5 Å². The summed E-state index contributed by atoms with van der Waals surface area (Å²) in [5, 5.41) is 4.01. The Hall–Kier alpha value is -0.140. The molecule has 2 N–H and O–H groups in total. The fourth-order valence-electron chi connectivity index (χ4n) is 3.13. The Bertz CT molecular complexity index is 611. The van der Waals surface area contributed by atoms with E-state index < -0.39 is 10.0 Å². The van der Waals surface area contributed by atoms with E-state index >= 15 is 0 Å². The number of hydrogen-bond acceptors (Lipinski definition) is 3. The highest BCUT2D eigenvalue weighted by molar-refractivity contribution is 9.10. The minimum absolute atomic E-state index is 0.0151. The molecule has 1 aromatic carbocycles. The lowest BCUT2D eigenvalue weighted by atomic mass is 10.0. The number of hydrogen-bond donors (Lipinski definition) is 2. The number of sulfonamides is 1. The molecule has 2 fully saturated rings. The van der Waals surface area contributed by atoms with Crippen molar-refractivity contribution < 1.29 is 8.42 Å². The van der Waals surface area contributed by atoms with Crippen LogP contribution in [-0.2, 0) is 10.0 Å². The summed E-state index contributed by atoms with van der Waals surface area (Å²) in [7, 11) is -3.51. The average molecular weight is 380 g/mol. The first-order valence-electron chi connectivity index (χ1n) is 6.67. The molecule has 2 aliphatic rings. The standard InChI is InChI=1S/C13H16BrClN2O2S/c14-12-5-8(15)1-4-13(12)20(18,19)17-11-6-9-2-3-10(7-11)16-9/h1,4-5,9-11,16-17H,2-3,6-7H2.